The molecule has 21 heavy (non-hydrogen) atoms. The van der Waals surface area contributed by atoms with Crippen LogP contribution < -0.4 is 5.32 Å². The molecule has 2 aliphatic rings. The number of aromatic nitrogens is 1. The van der Waals surface area contributed by atoms with Gasteiger partial charge in [0.2, 0.25) is 0 Å². The fourth-order valence-electron chi connectivity index (χ4n) is 3.63. The van der Waals surface area contributed by atoms with Crippen LogP contribution in [-0.4, -0.2) is 43.4 Å². The average Bonchev–Trinajstić information content (AvgIpc) is 2.85. The summed E-state index contributed by atoms with van der Waals surface area (Å²) in [6.07, 6.45) is 1.26. The van der Waals surface area contributed by atoms with E-state index in [4.69, 9.17) is 9.47 Å². The van der Waals surface area contributed by atoms with Gasteiger partial charge in [0.15, 0.2) is 0 Å². The van der Waals surface area contributed by atoms with E-state index >= 15 is 0 Å². The van der Waals surface area contributed by atoms with Crippen LogP contribution in [0.5, 0.6) is 0 Å². The predicted molar refractivity (Wildman–Crippen MR) is 78.2 cm³/mol. The average molecular weight is 290 g/mol. The molecule has 0 unspecified atom stereocenters. The lowest BCUT2D eigenvalue weighted by Crippen LogP contribution is -2.62. The van der Waals surface area contributed by atoms with Crippen LogP contribution in [0.2, 0.25) is 0 Å². The molecule has 1 saturated heterocycles. The monoisotopic (exact) mass is 290 g/mol. The summed E-state index contributed by atoms with van der Waals surface area (Å²) in [6, 6.07) is 3.81. The van der Waals surface area contributed by atoms with Crippen molar-refractivity contribution in [3.05, 3.63) is 29.1 Å². The number of rotatable bonds is 4. The molecule has 5 nitrogen and oxygen atoms in total. The Hall–Kier alpha value is -1.46. The second-order valence-corrected chi connectivity index (χ2v) is 6.04. The molecule has 0 spiro atoms. The van der Waals surface area contributed by atoms with Crippen LogP contribution in [0.3, 0.4) is 0 Å². The molecule has 114 valence electrons. The Labute approximate surface area is 125 Å². The molecule has 0 aromatic carbocycles. The molecule has 1 aliphatic carbocycles. The maximum absolute atomic E-state index is 12.5. The van der Waals surface area contributed by atoms with Crippen molar-refractivity contribution in [1.29, 1.82) is 0 Å². The summed E-state index contributed by atoms with van der Waals surface area (Å²) in [6.45, 7) is 5.22. The van der Waals surface area contributed by atoms with Crippen LogP contribution in [0.4, 0.5) is 0 Å². The summed E-state index contributed by atoms with van der Waals surface area (Å²) in [5, 5.41) is 3.17. The summed E-state index contributed by atoms with van der Waals surface area (Å²) < 4.78 is 11.0. The van der Waals surface area contributed by atoms with Crippen LogP contribution in [0, 0.1) is 25.7 Å². The Bertz CT molecular complexity index is 526. The highest BCUT2D eigenvalue weighted by Gasteiger charge is 2.54. The van der Waals surface area contributed by atoms with Gasteiger partial charge in [-0.25, -0.2) is 0 Å². The third-order valence-electron chi connectivity index (χ3n) is 4.53. The smallest absolute Gasteiger partial charge is 0.251 e. The van der Waals surface area contributed by atoms with Gasteiger partial charge in [0, 0.05) is 48.5 Å². The molecule has 2 heterocycles. The molecular weight excluding hydrogens is 268 g/mol. The first kappa shape index (κ1) is 14.5. The van der Waals surface area contributed by atoms with Gasteiger partial charge in [-0.05, 0) is 32.4 Å². The molecule has 4 atom stereocenters. The van der Waals surface area contributed by atoms with E-state index in [1.807, 2.05) is 26.0 Å². The Morgan fingerprint density at radius 2 is 2.14 bits per heavy atom. The van der Waals surface area contributed by atoms with Crippen molar-refractivity contribution >= 4 is 5.91 Å². The van der Waals surface area contributed by atoms with E-state index in [9.17, 15) is 4.79 Å². The van der Waals surface area contributed by atoms with Gasteiger partial charge in [-0.3, -0.25) is 9.78 Å². The van der Waals surface area contributed by atoms with Crippen molar-refractivity contribution in [3.63, 3.8) is 0 Å². The quantitative estimate of drug-likeness (QED) is 0.912. The van der Waals surface area contributed by atoms with Gasteiger partial charge in [0.25, 0.3) is 5.91 Å². The minimum Gasteiger partial charge on any atom is -0.384 e. The van der Waals surface area contributed by atoms with E-state index in [1.54, 1.807) is 7.11 Å². The number of methoxy groups -OCH3 is 1. The molecule has 0 bridgehead atoms. The van der Waals surface area contributed by atoms with E-state index in [0.29, 0.717) is 18.1 Å². The molecule has 3 rings (SSSR count). The third-order valence-corrected chi connectivity index (χ3v) is 4.53. The number of aryl methyl sites for hydroxylation is 2. The zero-order valence-electron chi connectivity index (χ0n) is 12.8. The number of ether oxygens (including phenoxy) is 2. The molecule has 0 radical (unpaired) electrons. The van der Waals surface area contributed by atoms with Gasteiger partial charge in [0.05, 0.1) is 12.7 Å². The lowest BCUT2D eigenvalue weighted by Gasteiger charge is -2.47. The van der Waals surface area contributed by atoms with Gasteiger partial charge in [0.1, 0.15) is 0 Å². The molecule has 1 aromatic rings. The Kier molecular flexibility index (Phi) is 3.95. The van der Waals surface area contributed by atoms with Crippen molar-refractivity contribution in [2.24, 2.45) is 11.8 Å². The summed E-state index contributed by atoms with van der Waals surface area (Å²) in [5.74, 6) is 0.661. The highest BCUT2D eigenvalue weighted by Crippen LogP contribution is 2.43. The second kappa shape index (κ2) is 5.73. The van der Waals surface area contributed by atoms with Gasteiger partial charge in [-0.2, -0.15) is 0 Å². The highest BCUT2D eigenvalue weighted by atomic mass is 16.5. The Morgan fingerprint density at radius 1 is 1.43 bits per heavy atom. The van der Waals surface area contributed by atoms with Crippen molar-refractivity contribution in [1.82, 2.24) is 10.3 Å². The Balaban J connectivity index is 1.71. The van der Waals surface area contributed by atoms with Crippen molar-refractivity contribution in [3.8, 4) is 0 Å². The number of hydrogen-bond acceptors (Lipinski definition) is 4. The lowest BCUT2D eigenvalue weighted by atomic mass is 9.67. The topological polar surface area (TPSA) is 60.5 Å². The molecular formula is C16H22N2O3. The fourth-order valence-corrected chi connectivity index (χ4v) is 3.63. The van der Waals surface area contributed by atoms with E-state index in [2.05, 4.69) is 10.3 Å². The zero-order valence-corrected chi connectivity index (χ0v) is 12.8. The summed E-state index contributed by atoms with van der Waals surface area (Å²) in [5.41, 5.74) is 2.41. The maximum Gasteiger partial charge on any atom is 0.251 e. The molecule has 5 heteroatoms. The largest absolute Gasteiger partial charge is 0.384 e. The van der Waals surface area contributed by atoms with Gasteiger partial charge in [-0.1, -0.05) is 0 Å². The van der Waals surface area contributed by atoms with E-state index in [-0.39, 0.29) is 24.0 Å². The molecule has 1 aromatic heterocycles. The first-order valence-electron chi connectivity index (χ1n) is 7.47. The zero-order chi connectivity index (χ0) is 15.0. The van der Waals surface area contributed by atoms with E-state index in [1.165, 1.54) is 0 Å². The SMILES string of the molecule is COC[C@@H]1[C@@H](NC(=O)c2cc(C)nc(C)c2)[C@@H]2CCO[C@H]12. The van der Waals surface area contributed by atoms with Crippen molar-refractivity contribution in [2.75, 3.05) is 20.3 Å². The molecule has 1 aliphatic heterocycles. The van der Waals surface area contributed by atoms with Crippen LogP contribution in [0.15, 0.2) is 12.1 Å². The van der Waals surface area contributed by atoms with Crippen LogP contribution in [0.25, 0.3) is 0 Å². The number of carbonyl (C=O) groups excluding carboxylic acids is 1. The van der Waals surface area contributed by atoms with Crippen molar-refractivity contribution < 1.29 is 14.3 Å². The maximum atomic E-state index is 12.5. The molecule has 1 N–H and O–H groups in total. The number of pyridine rings is 1. The number of hydrogen-bond donors (Lipinski definition) is 1. The summed E-state index contributed by atoms with van der Waals surface area (Å²) >= 11 is 0. The molecule has 1 saturated carbocycles. The second-order valence-electron chi connectivity index (χ2n) is 6.04. The number of nitrogens with zero attached hydrogens (tertiary/aromatic N) is 1. The number of carbonyl (C=O) groups is 1. The number of fused-ring (bicyclic) bond motifs is 1. The summed E-state index contributed by atoms with van der Waals surface area (Å²) in [4.78, 5) is 16.8. The minimum atomic E-state index is -0.0277. The predicted octanol–water partition coefficient (Wildman–Crippen LogP) is 1.48. The van der Waals surface area contributed by atoms with Crippen LogP contribution >= 0.6 is 0 Å². The highest BCUT2D eigenvalue weighted by molar-refractivity contribution is 5.94. The van der Waals surface area contributed by atoms with E-state index < -0.39 is 0 Å². The molecule has 1 amide bonds. The number of amides is 1. The lowest BCUT2D eigenvalue weighted by molar-refractivity contribution is -0.0809. The first-order valence-corrected chi connectivity index (χ1v) is 7.47. The Morgan fingerprint density at radius 3 is 2.81 bits per heavy atom. The van der Waals surface area contributed by atoms with Gasteiger partial charge >= 0.3 is 0 Å². The van der Waals surface area contributed by atoms with Gasteiger partial charge in [-0.15, -0.1) is 0 Å². The van der Waals surface area contributed by atoms with Crippen LogP contribution in [-0.2, 0) is 9.47 Å². The third kappa shape index (κ3) is 2.68. The minimum absolute atomic E-state index is 0.0277. The van der Waals surface area contributed by atoms with Gasteiger partial charge < -0.3 is 14.8 Å². The normalized spacial score (nSPS) is 30.6. The van der Waals surface area contributed by atoms with E-state index in [0.717, 1.165) is 24.4 Å². The van der Waals surface area contributed by atoms with Crippen LogP contribution in [0.1, 0.15) is 28.2 Å². The summed E-state index contributed by atoms with van der Waals surface area (Å²) in [7, 11) is 1.69. The molecule has 2 fully saturated rings. The first-order chi connectivity index (χ1) is 10.1. The number of nitrogens with one attached hydrogen (secondary N) is 1. The standard InChI is InChI=1S/C16H22N2O3/c1-9-6-11(7-10(2)17-9)16(19)18-14-12-4-5-21-15(12)13(14)8-20-3/h6-7,12-15H,4-5,8H2,1-3H3,(H,18,19)/t12-,13+,14-,15-/m0/s1. The fraction of sp³-hybridized carbons (Fsp3) is 0.625. The van der Waals surface area contributed by atoms with Crippen molar-refractivity contribution in [2.45, 2.75) is 32.4 Å².